The van der Waals surface area contributed by atoms with E-state index in [1.165, 1.54) is 19.0 Å². The van der Waals surface area contributed by atoms with Crippen molar-refractivity contribution >= 4 is 35.6 Å². The molecule has 4 atom stereocenters. The minimum atomic E-state index is -0.519. The molecular formula is C64H82N10O9. The largest absolute Gasteiger partial charge is 0.426 e. The molecule has 3 amide bonds. The zero-order valence-corrected chi connectivity index (χ0v) is 49.4. The Morgan fingerprint density at radius 1 is 0.446 bits per heavy atom. The van der Waals surface area contributed by atoms with Gasteiger partial charge in [-0.1, -0.05) is 116 Å². The highest BCUT2D eigenvalue weighted by Crippen LogP contribution is 2.43. The number of carbonyl (C=O) groups is 6. The van der Waals surface area contributed by atoms with Gasteiger partial charge in [-0.05, 0) is 107 Å². The number of nitrogens with zero attached hydrogens (tertiary/aromatic N) is 7. The molecule has 0 aliphatic rings. The Balaban J connectivity index is 1.14. The smallest absolute Gasteiger partial charge is 0.311 e. The third kappa shape index (κ3) is 20.6. The van der Waals surface area contributed by atoms with Crippen LogP contribution in [0.3, 0.4) is 0 Å². The molecule has 19 nitrogen and oxygen atoms in total. The molecule has 3 aromatic carbocycles. The number of rotatable bonds is 33. The summed E-state index contributed by atoms with van der Waals surface area (Å²) >= 11 is 0. The highest BCUT2D eigenvalue weighted by atomic mass is 16.5. The summed E-state index contributed by atoms with van der Waals surface area (Å²) in [6, 6.07) is 23.5. The molecule has 4 unspecified atom stereocenters. The Bertz CT molecular complexity index is 3050. The Hall–Kier alpha value is -8.22. The second kappa shape index (κ2) is 33.0. The van der Waals surface area contributed by atoms with Crippen molar-refractivity contribution in [1.29, 1.82) is 0 Å². The highest BCUT2D eigenvalue weighted by Gasteiger charge is 2.27. The van der Waals surface area contributed by atoms with Gasteiger partial charge in [0.05, 0.1) is 25.8 Å². The van der Waals surface area contributed by atoms with Crippen molar-refractivity contribution in [2.24, 2.45) is 0 Å². The predicted molar refractivity (Wildman–Crippen MR) is 315 cm³/mol. The van der Waals surface area contributed by atoms with E-state index >= 15 is 0 Å². The fourth-order valence-electron chi connectivity index (χ4n) is 9.80. The molecule has 0 aliphatic carbocycles. The number of aromatic nitrogens is 7. The zero-order valence-electron chi connectivity index (χ0n) is 49.4. The Morgan fingerprint density at radius 2 is 0.855 bits per heavy atom. The van der Waals surface area contributed by atoms with Crippen LogP contribution in [0.2, 0.25) is 0 Å². The molecule has 0 fully saturated rings. The number of carbonyl (C=O) groups excluding carboxylic acids is 6. The molecule has 0 bridgehead atoms. The first-order valence-electron chi connectivity index (χ1n) is 29.1. The molecule has 442 valence electrons. The number of esters is 3. The molecule has 3 N–H and O–H groups in total. The topological polar surface area (TPSA) is 248 Å². The summed E-state index contributed by atoms with van der Waals surface area (Å²) in [5.41, 5.74) is 6.14. The van der Waals surface area contributed by atoms with Crippen molar-refractivity contribution in [2.75, 3.05) is 19.6 Å². The van der Waals surface area contributed by atoms with Gasteiger partial charge in [-0.25, -0.2) is 19.9 Å². The van der Waals surface area contributed by atoms with Gasteiger partial charge in [-0.2, -0.15) is 5.10 Å². The number of hydrogen-bond acceptors (Lipinski definition) is 15. The number of benzene rings is 3. The first kappa shape index (κ1) is 64.0. The van der Waals surface area contributed by atoms with Crippen LogP contribution in [0.15, 0.2) is 104 Å². The third-order valence-corrected chi connectivity index (χ3v) is 14.8. The molecule has 0 saturated carbocycles. The normalized spacial score (nSPS) is 12.7. The molecule has 0 saturated heterocycles. The lowest BCUT2D eigenvalue weighted by Gasteiger charge is -2.25. The first-order chi connectivity index (χ1) is 40.0. The molecule has 0 radical (unpaired) electrons. The van der Waals surface area contributed by atoms with E-state index < -0.39 is 17.9 Å². The van der Waals surface area contributed by atoms with Crippen molar-refractivity contribution in [3.63, 3.8) is 0 Å². The maximum Gasteiger partial charge on any atom is 0.311 e. The summed E-state index contributed by atoms with van der Waals surface area (Å²) in [6.07, 6.45) is 10.9. The molecule has 83 heavy (non-hydrogen) atoms. The van der Waals surface area contributed by atoms with Crippen LogP contribution in [0.1, 0.15) is 200 Å². The number of ether oxygens (including phenoxy) is 3. The van der Waals surface area contributed by atoms with Gasteiger partial charge in [-0.15, -0.1) is 0 Å². The standard InChI is InChI=1S/C64H82N10O9/c1-42(2)49-15-11-17-51(62(49)81-59(78)28-26-57(76)69-35-32-55-71-38-65-39-72-55)44(5)21-23-46(7)53-19-13-20-54(64(53)83-61(80)29-25-56(75)68-34-31-48-14-9-10-33-67-48)47(8)24-22-45(6)52-18-12-16-50(43(3)4)63(52)82-60(79)30-27-58(77)70-36-37-74-41-66-40-73-74/h9-20,33,38-47H,21-32,34-37H2,1-8H3,(H,68,75)(H,69,76)(H,70,77). The fraction of sp³-hybridized carbons (Fsp3) is 0.469. The van der Waals surface area contributed by atoms with Crippen molar-refractivity contribution in [1.82, 2.24) is 50.7 Å². The van der Waals surface area contributed by atoms with Crippen molar-refractivity contribution in [3.8, 4) is 17.2 Å². The van der Waals surface area contributed by atoms with Gasteiger partial charge in [0.2, 0.25) is 17.7 Å². The van der Waals surface area contributed by atoms with Crippen LogP contribution in [0.4, 0.5) is 0 Å². The third-order valence-electron chi connectivity index (χ3n) is 14.8. The number of nitrogens with one attached hydrogen (secondary N) is 3. The van der Waals surface area contributed by atoms with Gasteiger partial charge in [-0.3, -0.25) is 38.4 Å². The molecule has 0 spiro atoms. The second-order valence-corrected chi connectivity index (χ2v) is 21.9. The van der Waals surface area contributed by atoms with Gasteiger partial charge in [0.15, 0.2) is 0 Å². The van der Waals surface area contributed by atoms with E-state index in [-0.39, 0.29) is 91.8 Å². The molecule has 3 heterocycles. The van der Waals surface area contributed by atoms with Gasteiger partial charge < -0.3 is 30.2 Å². The van der Waals surface area contributed by atoms with Crippen molar-refractivity contribution < 1.29 is 43.0 Å². The highest BCUT2D eigenvalue weighted by molar-refractivity contribution is 5.84. The van der Waals surface area contributed by atoms with Crippen LogP contribution in [0, 0.1) is 0 Å². The van der Waals surface area contributed by atoms with E-state index in [0.717, 1.165) is 39.1 Å². The summed E-state index contributed by atoms with van der Waals surface area (Å²) in [5, 5.41) is 12.6. The van der Waals surface area contributed by atoms with Crippen molar-refractivity contribution in [3.05, 3.63) is 149 Å². The molecule has 6 rings (SSSR count). The quantitative estimate of drug-likeness (QED) is 0.0256. The van der Waals surface area contributed by atoms with Crippen molar-refractivity contribution in [2.45, 2.75) is 174 Å². The Labute approximate surface area is 488 Å². The lowest BCUT2D eigenvalue weighted by atomic mass is 9.83. The molecule has 0 aliphatic heterocycles. The second-order valence-electron chi connectivity index (χ2n) is 21.9. The summed E-state index contributed by atoms with van der Waals surface area (Å²) in [5.74, 6) is -0.412. The van der Waals surface area contributed by atoms with Gasteiger partial charge in [0, 0.05) is 63.6 Å². The summed E-state index contributed by atoms with van der Waals surface area (Å²) in [4.78, 5) is 99.2. The first-order valence-corrected chi connectivity index (χ1v) is 29.1. The minimum absolute atomic E-state index is 0.0210. The number of amides is 3. The fourth-order valence-corrected chi connectivity index (χ4v) is 9.80. The molecule has 19 heteroatoms. The lowest BCUT2D eigenvalue weighted by Crippen LogP contribution is -2.28. The zero-order chi connectivity index (χ0) is 59.7. The van der Waals surface area contributed by atoms with E-state index in [1.54, 1.807) is 17.2 Å². The average molecular weight is 1140 g/mol. The number of hydrogen-bond donors (Lipinski definition) is 3. The van der Waals surface area contributed by atoms with Crippen LogP contribution in [-0.2, 0) is 48.2 Å². The number of pyridine rings is 1. The maximum atomic E-state index is 13.9. The van der Waals surface area contributed by atoms with Gasteiger partial charge >= 0.3 is 17.9 Å². The molecular weight excluding hydrogens is 1050 g/mol. The van der Waals surface area contributed by atoms with Crippen LogP contribution in [0.25, 0.3) is 0 Å². The van der Waals surface area contributed by atoms with Gasteiger partial charge in [0.25, 0.3) is 0 Å². The van der Waals surface area contributed by atoms with E-state index in [0.29, 0.717) is 87.8 Å². The van der Waals surface area contributed by atoms with Crippen LogP contribution in [-0.4, -0.2) is 90.0 Å². The van der Waals surface area contributed by atoms with Gasteiger partial charge in [0.1, 0.15) is 48.4 Å². The molecule has 6 aromatic rings. The van der Waals surface area contributed by atoms with Crippen LogP contribution < -0.4 is 30.2 Å². The predicted octanol–water partition coefficient (Wildman–Crippen LogP) is 10.1. The SMILES string of the molecule is CC(C)c1cccc(C(C)CCC(C)c2cccc(C(C)CCC(C)c3cccc(C(C)C)c3OC(=O)CCC(=O)NCCn3cncn3)c2OC(=O)CCC(=O)NCCc2ccccn2)c1OC(=O)CCC(=O)NCCc1ncncn1. The lowest BCUT2D eigenvalue weighted by molar-refractivity contribution is -0.136. The van der Waals surface area contributed by atoms with E-state index in [2.05, 4.69) is 87.5 Å². The monoisotopic (exact) mass is 1130 g/mol. The maximum absolute atomic E-state index is 13.9. The summed E-state index contributed by atoms with van der Waals surface area (Å²) in [7, 11) is 0. The van der Waals surface area contributed by atoms with E-state index in [1.807, 2.05) is 86.6 Å². The minimum Gasteiger partial charge on any atom is -0.426 e. The van der Waals surface area contributed by atoms with E-state index in [9.17, 15) is 28.8 Å². The number of para-hydroxylation sites is 3. The Morgan fingerprint density at radius 3 is 1.25 bits per heavy atom. The van der Waals surface area contributed by atoms with E-state index in [4.69, 9.17) is 14.2 Å². The summed E-state index contributed by atoms with van der Waals surface area (Å²) in [6.45, 7) is 18.2. The average Bonchev–Trinajstić information content (AvgIpc) is 4.11. The van der Waals surface area contributed by atoms with Crippen LogP contribution in [0.5, 0.6) is 17.2 Å². The Kier molecular flexibility index (Phi) is 25.4. The van der Waals surface area contributed by atoms with Crippen LogP contribution >= 0.6 is 0 Å². The summed E-state index contributed by atoms with van der Waals surface area (Å²) < 4.78 is 20.3. The molecule has 3 aromatic heterocycles.